The van der Waals surface area contributed by atoms with Gasteiger partial charge in [-0.05, 0) is 106 Å². The van der Waals surface area contributed by atoms with Crippen molar-refractivity contribution in [1.29, 1.82) is 0 Å². The van der Waals surface area contributed by atoms with Crippen LogP contribution in [-0.2, 0) is 39.3 Å². The highest BCUT2D eigenvalue weighted by atomic mass is 16.5. The van der Waals surface area contributed by atoms with Gasteiger partial charge in [-0.15, -0.1) is 0 Å². The van der Waals surface area contributed by atoms with Crippen LogP contribution in [0.3, 0.4) is 0 Å². The van der Waals surface area contributed by atoms with Gasteiger partial charge in [0.15, 0.2) is 0 Å². The van der Waals surface area contributed by atoms with Gasteiger partial charge in [-0.25, -0.2) is 0 Å². The molecule has 20 aliphatic heterocycles. The van der Waals surface area contributed by atoms with Crippen LogP contribution in [0.5, 0.6) is 34.5 Å². The first kappa shape index (κ1) is 60.3. The zero-order chi connectivity index (χ0) is 55.9. The molecule has 0 atom stereocenters. The van der Waals surface area contributed by atoms with E-state index in [0.717, 1.165) is 192 Å². The molecule has 0 saturated carbocycles. The second kappa shape index (κ2) is 35.0. The van der Waals surface area contributed by atoms with Crippen LogP contribution in [0.15, 0.2) is 146 Å². The molecule has 0 unspecified atom stereocenters. The van der Waals surface area contributed by atoms with E-state index in [9.17, 15) is 0 Å². The lowest BCUT2D eigenvalue weighted by Crippen LogP contribution is -3.13. The Morgan fingerprint density at radius 2 is 0.390 bits per heavy atom. The Kier molecular flexibility index (Phi) is 25.7. The van der Waals surface area contributed by atoms with Gasteiger partial charge in [0.05, 0.1) is 0 Å². The van der Waals surface area contributed by atoms with E-state index < -0.39 is 0 Å². The molecule has 0 saturated heterocycles. The van der Waals surface area contributed by atoms with E-state index in [-0.39, 0.29) is 0 Å². The molecule has 20 heterocycles. The van der Waals surface area contributed by atoms with Crippen molar-refractivity contribution in [3.63, 3.8) is 0 Å². The molecule has 16 heteroatoms. The third-order valence-corrected chi connectivity index (χ3v) is 15.5. The zero-order valence-electron chi connectivity index (χ0n) is 48.4. The van der Waals surface area contributed by atoms with E-state index >= 15 is 0 Å². The summed E-state index contributed by atoms with van der Waals surface area (Å²) in [7, 11) is 0. The molecule has 0 fully saturated rings. The average molecular weight is 1120 g/mol. The number of hydrogen-bond donors (Lipinski definition) is 8. The molecule has 16 bridgehead atoms. The lowest BCUT2D eigenvalue weighted by Gasteiger charge is -2.23. The molecule has 0 aromatic heterocycles. The molecule has 82 heavy (non-hydrogen) atoms. The Balaban J connectivity index is 0.858. The molecular formula is C66H92N10O6+2. The maximum atomic E-state index is 6.35. The molecule has 440 valence electrons. The summed E-state index contributed by atoms with van der Waals surface area (Å²) in [4.78, 5) is 7.81. The summed E-state index contributed by atoms with van der Waals surface area (Å²) in [6, 6.07) is 51.2. The van der Waals surface area contributed by atoms with Crippen molar-refractivity contribution in [1.82, 2.24) is 41.7 Å². The van der Waals surface area contributed by atoms with Crippen molar-refractivity contribution in [2.75, 3.05) is 157 Å². The fraction of sp³-hybridized carbons (Fsp3) is 0.455. The van der Waals surface area contributed by atoms with Gasteiger partial charge in [0, 0.05) is 118 Å². The van der Waals surface area contributed by atoms with Crippen LogP contribution >= 0.6 is 0 Å². The third kappa shape index (κ3) is 22.5. The summed E-state index contributed by atoms with van der Waals surface area (Å²) in [5.41, 5.74) is 7.44. The summed E-state index contributed by atoms with van der Waals surface area (Å²) in [5, 5.41) is 22.2. The lowest BCUT2D eigenvalue weighted by molar-refractivity contribution is -0.900. The first-order valence-electron chi connectivity index (χ1n) is 30.3. The van der Waals surface area contributed by atoms with Gasteiger partial charge in [-0.3, -0.25) is 9.80 Å². The Morgan fingerprint density at radius 3 is 0.549 bits per heavy atom. The minimum absolute atomic E-state index is 0.595. The topological polar surface area (TPSA) is 143 Å². The van der Waals surface area contributed by atoms with E-state index in [1.54, 1.807) is 0 Å². The summed E-state index contributed by atoms with van der Waals surface area (Å²) in [6.07, 6.45) is 0. The molecule has 0 aliphatic carbocycles. The molecule has 6 aromatic carbocycles. The zero-order valence-corrected chi connectivity index (χ0v) is 48.4. The molecule has 8 N–H and O–H groups in total. The van der Waals surface area contributed by atoms with Crippen LogP contribution in [0.4, 0.5) is 0 Å². The van der Waals surface area contributed by atoms with Crippen molar-refractivity contribution < 1.29 is 38.2 Å². The molecule has 6 aromatic rings. The first-order chi connectivity index (χ1) is 40.6. The predicted molar refractivity (Wildman–Crippen MR) is 326 cm³/mol. The number of ether oxygens (including phenoxy) is 6. The fourth-order valence-corrected chi connectivity index (χ4v) is 10.3. The molecule has 0 amide bonds. The van der Waals surface area contributed by atoms with Crippen molar-refractivity contribution in [2.24, 2.45) is 0 Å². The lowest BCUT2D eigenvalue weighted by atomic mass is 10.2. The minimum atomic E-state index is 0.595. The Morgan fingerprint density at radius 1 is 0.232 bits per heavy atom. The highest BCUT2D eigenvalue weighted by Gasteiger charge is 2.15. The summed E-state index contributed by atoms with van der Waals surface area (Å²) >= 11 is 0. The largest absolute Gasteiger partial charge is 0.488 e. The highest BCUT2D eigenvalue weighted by molar-refractivity contribution is 5.31. The Hall–Kier alpha value is -6.28. The maximum absolute atomic E-state index is 6.35. The second-order valence-corrected chi connectivity index (χ2v) is 21.7. The smallest absolute Gasteiger partial charge is 0.137 e. The monoisotopic (exact) mass is 1120 g/mol. The van der Waals surface area contributed by atoms with Crippen LogP contribution in [0.2, 0.25) is 0 Å². The van der Waals surface area contributed by atoms with Crippen LogP contribution in [0.25, 0.3) is 0 Å². The van der Waals surface area contributed by atoms with E-state index in [2.05, 4.69) is 187 Å². The fourth-order valence-electron chi connectivity index (χ4n) is 10.3. The van der Waals surface area contributed by atoms with Crippen molar-refractivity contribution in [3.05, 3.63) is 179 Å². The summed E-state index contributed by atoms with van der Waals surface area (Å²) in [6.45, 7) is 24.4. The maximum Gasteiger partial charge on any atom is 0.137 e. The van der Waals surface area contributed by atoms with Gasteiger partial charge in [-0.2, -0.15) is 0 Å². The minimum Gasteiger partial charge on any atom is -0.488 e. The van der Waals surface area contributed by atoms with E-state index in [4.69, 9.17) is 28.4 Å². The molecule has 26 rings (SSSR count). The van der Waals surface area contributed by atoms with Gasteiger partial charge >= 0.3 is 0 Å². The number of benzene rings is 6. The van der Waals surface area contributed by atoms with Gasteiger partial charge in [0.25, 0.3) is 0 Å². The van der Waals surface area contributed by atoms with Gasteiger partial charge < -0.3 is 70.1 Å². The standard InChI is InChI=1S/C66H90N10O6/c1-13-61-14-2-55(1)49-67-25-31-73-32-26-68-50-56-3-15-62(16-4-56)78-44-38-75(37-43-77-61)41-47-81-65-21-9-60(10-22-65)54-72-30-36-74-33-27-69-51-57-5-17-63(18-6-57)79-45-39-76(40-46-80-64-19-7-58(8-20-64)52-70-28-34-74)42-48-82-66-23-11-59(12-24-66)53-71-29-35-73/h1-24,67-72H,25-54H2/p+2. The van der Waals surface area contributed by atoms with E-state index in [1.165, 1.54) is 43.2 Å². The number of hydrogen-bond acceptors (Lipinski definition) is 14. The molecule has 0 radical (unpaired) electrons. The van der Waals surface area contributed by atoms with Crippen LogP contribution in [0, 0.1) is 0 Å². The predicted octanol–water partition coefficient (Wildman–Crippen LogP) is 3.41. The Labute approximate surface area is 488 Å². The Bertz CT molecular complexity index is 2340. The van der Waals surface area contributed by atoms with Crippen LogP contribution < -0.4 is 70.1 Å². The molecule has 16 nitrogen and oxygen atoms in total. The number of rotatable bonds is 0. The van der Waals surface area contributed by atoms with Gasteiger partial charge in [-0.1, -0.05) is 72.8 Å². The number of nitrogens with one attached hydrogen (secondary N) is 8. The first-order valence-corrected chi connectivity index (χ1v) is 30.3. The third-order valence-electron chi connectivity index (χ3n) is 15.5. The SMILES string of the molecule is c1cc2ccc1CNCCN1CCNCc3ccc(cc3)OCC[NH+](CCO2)CCOc2ccc(cc2)CNCCN2CCNCc3ccc(cc3)OCC[NH+](CCOc3ccc(cc3)CNCC2)CCOc2ccc(cc2)CNCC1. The molecular weight excluding hydrogens is 1030 g/mol. The van der Waals surface area contributed by atoms with Crippen molar-refractivity contribution in [2.45, 2.75) is 39.3 Å². The van der Waals surface area contributed by atoms with Crippen molar-refractivity contribution >= 4 is 0 Å². The number of nitrogens with zero attached hydrogens (tertiary/aromatic N) is 2. The van der Waals surface area contributed by atoms with Gasteiger partial charge in [0.1, 0.15) is 113 Å². The highest BCUT2D eigenvalue weighted by Crippen LogP contribution is 2.17. The average Bonchev–Trinajstić information content (AvgIpc) is 3.50. The quantitative estimate of drug-likeness (QED) is 0.113. The molecule has 20 aliphatic rings. The normalized spacial score (nSPS) is 22.0. The summed E-state index contributed by atoms with van der Waals surface area (Å²) < 4.78 is 38.0. The summed E-state index contributed by atoms with van der Waals surface area (Å²) in [5.74, 6) is 5.32. The molecule has 0 spiro atoms. The van der Waals surface area contributed by atoms with Crippen LogP contribution in [0.1, 0.15) is 33.4 Å². The van der Waals surface area contributed by atoms with E-state index in [1.807, 2.05) is 0 Å². The second-order valence-electron chi connectivity index (χ2n) is 21.7. The number of quaternary nitrogens is 2. The van der Waals surface area contributed by atoms with Crippen LogP contribution in [-0.4, -0.2) is 167 Å². The van der Waals surface area contributed by atoms with Crippen molar-refractivity contribution in [3.8, 4) is 34.5 Å². The van der Waals surface area contributed by atoms with E-state index in [0.29, 0.717) is 39.6 Å². The van der Waals surface area contributed by atoms with Gasteiger partial charge in [0.2, 0.25) is 0 Å².